The zero-order chi connectivity index (χ0) is 18.7. The van der Waals surface area contributed by atoms with Gasteiger partial charge in [-0.15, -0.1) is 0 Å². The van der Waals surface area contributed by atoms with Crippen molar-refractivity contribution in [2.24, 2.45) is 0 Å². The lowest BCUT2D eigenvalue weighted by Gasteiger charge is -2.31. The first-order valence-corrected chi connectivity index (χ1v) is 9.87. The van der Waals surface area contributed by atoms with Crippen LogP contribution in [0.3, 0.4) is 0 Å². The molecule has 0 radical (unpaired) electrons. The highest BCUT2D eigenvalue weighted by atomic mass is 16.6. The minimum absolute atomic E-state index is 0.322. The molecule has 4 heteroatoms. The number of fused-ring (bicyclic) bond motifs is 1. The van der Waals surface area contributed by atoms with Crippen molar-refractivity contribution in [2.45, 2.75) is 70.9 Å². The van der Waals surface area contributed by atoms with Crippen molar-refractivity contribution in [3.05, 3.63) is 36.0 Å². The molecule has 3 rings (SSSR count). The van der Waals surface area contributed by atoms with Crippen molar-refractivity contribution in [3.63, 3.8) is 0 Å². The van der Waals surface area contributed by atoms with Gasteiger partial charge in [0.1, 0.15) is 5.60 Å². The first-order valence-electron chi connectivity index (χ1n) is 9.87. The topological polar surface area (TPSA) is 34.5 Å². The Morgan fingerprint density at radius 1 is 1.19 bits per heavy atom. The van der Waals surface area contributed by atoms with E-state index in [0.29, 0.717) is 0 Å². The van der Waals surface area contributed by atoms with Gasteiger partial charge in [0.15, 0.2) is 0 Å². The molecular formula is C22H32N2O2. The summed E-state index contributed by atoms with van der Waals surface area (Å²) in [6.07, 6.45) is 9.35. The highest BCUT2D eigenvalue weighted by Gasteiger charge is 2.20. The van der Waals surface area contributed by atoms with Crippen LogP contribution in [-0.4, -0.2) is 40.8 Å². The predicted octanol–water partition coefficient (Wildman–Crippen LogP) is 5.23. The lowest BCUT2D eigenvalue weighted by atomic mass is 9.94. The molecule has 0 unspecified atom stereocenters. The first-order chi connectivity index (χ1) is 12.3. The largest absolute Gasteiger partial charge is 0.443 e. The molecular weight excluding hydrogens is 324 g/mol. The molecule has 26 heavy (non-hydrogen) atoms. The van der Waals surface area contributed by atoms with Crippen LogP contribution in [0.15, 0.2) is 30.5 Å². The summed E-state index contributed by atoms with van der Waals surface area (Å²) in [5.74, 6) is 0. The molecule has 4 nitrogen and oxygen atoms in total. The molecule has 0 aliphatic heterocycles. The number of benzene rings is 1. The number of nitrogens with zero attached hydrogens (tertiary/aromatic N) is 2. The number of hydrogen-bond donors (Lipinski definition) is 0. The fourth-order valence-electron chi connectivity index (χ4n) is 3.83. The molecule has 1 aromatic carbocycles. The fourth-order valence-corrected chi connectivity index (χ4v) is 3.83. The summed E-state index contributed by atoms with van der Waals surface area (Å²) in [6, 6.07) is 9.12. The maximum Gasteiger partial charge on any atom is 0.418 e. The zero-order valence-corrected chi connectivity index (χ0v) is 16.6. The number of rotatable bonds is 4. The summed E-state index contributed by atoms with van der Waals surface area (Å²) in [7, 11) is 2.26. The van der Waals surface area contributed by atoms with E-state index in [1.54, 1.807) is 10.8 Å². The van der Waals surface area contributed by atoms with Gasteiger partial charge in [0.25, 0.3) is 0 Å². The van der Waals surface area contributed by atoms with Gasteiger partial charge in [0.2, 0.25) is 0 Å². The Morgan fingerprint density at radius 2 is 1.92 bits per heavy atom. The van der Waals surface area contributed by atoms with Crippen LogP contribution in [0, 0.1) is 0 Å². The van der Waals surface area contributed by atoms with Gasteiger partial charge in [-0.3, -0.25) is 4.57 Å². The second-order valence-corrected chi connectivity index (χ2v) is 8.58. The van der Waals surface area contributed by atoms with E-state index >= 15 is 0 Å². The molecule has 0 spiro atoms. The molecule has 0 amide bonds. The van der Waals surface area contributed by atoms with Crippen molar-refractivity contribution >= 4 is 17.0 Å². The standard InChI is InChI=1S/C22H32N2O2/c1-22(2,3)26-21(25)24-15-13-18-16-17(10-11-20(18)24)12-14-23(4)19-8-6-5-7-9-19/h10-11,13,15-16,19H,5-9,12,14H2,1-4H3. The summed E-state index contributed by atoms with van der Waals surface area (Å²) < 4.78 is 7.08. The van der Waals surface area contributed by atoms with Crippen molar-refractivity contribution in [1.82, 2.24) is 9.47 Å². The molecule has 1 aromatic heterocycles. The van der Waals surface area contributed by atoms with E-state index in [4.69, 9.17) is 4.74 Å². The average molecular weight is 357 g/mol. The van der Waals surface area contributed by atoms with E-state index in [-0.39, 0.29) is 6.09 Å². The maximum absolute atomic E-state index is 12.3. The average Bonchev–Trinajstić information content (AvgIpc) is 3.02. The summed E-state index contributed by atoms with van der Waals surface area (Å²) in [6.45, 7) is 6.75. The number of likely N-dealkylation sites (N-methyl/N-ethyl adjacent to an activating group) is 1. The number of carbonyl (C=O) groups is 1. The molecule has 0 atom stereocenters. The minimum atomic E-state index is -0.489. The molecule has 1 aliphatic carbocycles. The molecule has 1 fully saturated rings. The van der Waals surface area contributed by atoms with E-state index in [0.717, 1.165) is 29.9 Å². The van der Waals surface area contributed by atoms with Crippen LogP contribution in [0.1, 0.15) is 58.4 Å². The maximum atomic E-state index is 12.3. The zero-order valence-electron chi connectivity index (χ0n) is 16.6. The van der Waals surface area contributed by atoms with Crippen LogP contribution >= 0.6 is 0 Å². The van der Waals surface area contributed by atoms with Gasteiger partial charge in [0, 0.05) is 24.2 Å². The Morgan fingerprint density at radius 3 is 2.62 bits per heavy atom. The Balaban J connectivity index is 1.65. The van der Waals surface area contributed by atoms with Crippen LogP contribution in [0.25, 0.3) is 10.9 Å². The van der Waals surface area contributed by atoms with Crippen LogP contribution < -0.4 is 0 Å². The Hall–Kier alpha value is -1.81. The summed E-state index contributed by atoms with van der Waals surface area (Å²) >= 11 is 0. The Labute approximate surface area is 157 Å². The smallest absolute Gasteiger partial charge is 0.418 e. The number of aromatic nitrogens is 1. The van der Waals surface area contributed by atoms with Gasteiger partial charge in [-0.25, -0.2) is 4.79 Å². The van der Waals surface area contributed by atoms with Gasteiger partial charge < -0.3 is 9.64 Å². The van der Waals surface area contributed by atoms with Gasteiger partial charge in [-0.05, 0) is 70.8 Å². The third kappa shape index (κ3) is 4.67. The van der Waals surface area contributed by atoms with Gasteiger partial charge >= 0.3 is 6.09 Å². The molecule has 0 bridgehead atoms. The Kier molecular flexibility index (Phi) is 5.71. The monoisotopic (exact) mass is 356 g/mol. The molecule has 0 N–H and O–H groups in total. The normalized spacial score (nSPS) is 16.3. The molecule has 1 heterocycles. The van der Waals surface area contributed by atoms with Crippen molar-refractivity contribution in [3.8, 4) is 0 Å². The lowest BCUT2D eigenvalue weighted by Crippen LogP contribution is -2.34. The first kappa shape index (κ1) is 19.0. The number of hydrogen-bond acceptors (Lipinski definition) is 3. The number of carbonyl (C=O) groups excluding carboxylic acids is 1. The SMILES string of the molecule is CN(CCc1ccc2c(ccn2C(=O)OC(C)(C)C)c1)C1CCCCC1. The summed E-state index contributed by atoms with van der Waals surface area (Å²) in [5.41, 5.74) is 1.74. The summed E-state index contributed by atoms with van der Waals surface area (Å²) in [5, 5.41) is 1.09. The molecule has 0 saturated heterocycles. The molecule has 142 valence electrons. The van der Waals surface area contributed by atoms with Crippen molar-refractivity contribution in [1.29, 1.82) is 0 Å². The predicted molar refractivity (Wildman–Crippen MR) is 107 cm³/mol. The minimum Gasteiger partial charge on any atom is -0.443 e. The highest BCUT2D eigenvalue weighted by molar-refractivity contribution is 5.89. The molecule has 2 aromatic rings. The van der Waals surface area contributed by atoms with Crippen LogP contribution in [0.2, 0.25) is 0 Å². The van der Waals surface area contributed by atoms with Crippen LogP contribution in [-0.2, 0) is 11.2 Å². The van der Waals surface area contributed by atoms with Gasteiger partial charge in [-0.2, -0.15) is 0 Å². The lowest BCUT2D eigenvalue weighted by molar-refractivity contribution is 0.0544. The van der Waals surface area contributed by atoms with Crippen LogP contribution in [0.5, 0.6) is 0 Å². The second kappa shape index (κ2) is 7.83. The molecule has 1 aliphatic rings. The molecule has 1 saturated carbocycles. The third-order valence-electron chi connectivity index (χ3n) is 5.30. The fraction of sp³-hybridized carbons (Fsp3) is 0.591. The van der Waals surface area contributed by atoms with Crippen molar-refractivity contribution < 1.29 is 9.53 Å². The Bertz CT molecular complexity index is 751. The quantitative estimate of drug-likeness (QED) is 0.752. The van der Waals surface area contributed by atoms with E-state index in [1.165, 1.54) is 37.7 Å². The van der Waals surface area contributed by atoms with E-state index in [2.05, 4.69) is 24.1 Å². The van der Waals surface area contributed by atoms with Crippen molar-refractivity contribution in [2.75, 3.05) is 13.6 Å². The van der Waals surface area contributed by atoms with E-state index in [1.807, 2.05) is 32.9 Å². The van der Waals surface area contributed by atoms with E-state index < -0.39 is 5.60 Å². The highest BCUT2D eigenvalue weighted by Crippen LogP contribution is 2.23. The number of ether oxygens (including phenoxy) is 1. The van der Waals surface area contributed by atoms with Crippen LogP contribution in [0.4, 0.5) is 4.79 Å². The van der Waals surface area contributed by atoms with Gasteiger partial charge in [0.05, 0.1) is 5.52 Å². The second-order valence-electron chi connectivity index (χ2n) is 8.58. The van der Waals surface area contributed by atoms with E-state index in [9.17, 15) is 4.79 Å². The third-order valence-corrected chi connectivity index (χ3v) is 5.30. The summed E-state index contributed by atoms with van der Waals surface area (Å²) in [4.78, 5) is 14.9. The van der Waals surface area contributed by atoms with Gasteiger partial charge in [-0.1, -0.05) is 25.3 Å².